The van der Waals surface area contributed by atoms with Crippen molar-refractivity contribution in [3.05, 3.63) is 72.3 Å². The number of rotatable bonds is 6. The maximum atomic E-state index is 13.0. The second-order valence-corrected chi connectivity index (χ2v) is 8.21. The lowest BCUT2D eigenvalue weighted by Crippen LogP contribution is -2.30. The summed E-state index contributed by atoms with van der Waals surface area (Å²) in [6.45, 7) is 3.23. The summed E-state index contributed by atoms with van der Waals surface area (Å²) in [5.74, 6) is -0.175. The molecule has 8 heteroatoms. The molecule has 0 N–H and O–H groups in total. The molecule has 0 spiro atoms. The molecular weight excluding hydrogens is 364 g/mol. The summed E-state index contributed by atoms with van der Waals surface area (Å²) in [5.41, 5.74) is 2.05. The highest BCUT2D eigenvalue weighted by Gasteiger charge is 2.26. The van der Waals surface area contributed by atoms with Gasteiger partial charge in [-0.25, -0.2) is 18.1 Å². The highest BCUT2D eigenvalue weighted by atomic mass is 32.2. The topological polar surface area (TPSA) is 85.2 Å². The third kappa shape index (κ3) is 3.81. The standard InChI is InChI=1S/C19H20N4O3S/c1-14(16-7-9-18(10-8-16)23-13-20-12-21-23)22(3)27(25,26)19-6-4-5-17(11-19)15(2)24/h4-14H,1-3H3/t14-/m1/s1. The van der Waals surface area contributed by atoms with Crippen molar-refractivity contribution in [2.24, 2.45) is 0 Å². The van der Waals surface area contributed by atoms with Crippen molar-refractivity contribution in [3.63, 3.8) is 0 Å². The van der Waals surface area contributed by atoms with Crippen LogP contribution >= 0.6 is 0 Å². The third-order valence-corrected chi connectivity index (χ3v) is 6.45. The summed E-state index contributed by atoms with van der Waals surface area (Å²) in [6.07, 6.45) is 3.04. The van der Waals surface area contributed by atoms with Crippen molar-refractivity contribution in [2.75, 3.05) is 7.05 Å². The van der Waals surface area contributed by atoms with Crippen LogP contribution < -0.4 is 0 Å². The molecule has 3 aromatic rings. The van der Waals surface area contributed by atoms with Gasteiger partial charge >= 0.3 is 0 Å². The molecule has 7 nitrogen and oxygen atoms in total. The monoisotopic (exact) mass is 384 g/mol. The molecule has 0 aliphatic heterocycles. The molecule has 27 heavy (non-hydrogen) atoms. The molecule has 0 amide bonds. The molecule has 1 aromatic heterocycles. The van der Waals surface area contributed by atoms with Crippen LogP contribution in [0.3, 0.4) is 0 Å². The molecule has 1 atom stereocenters. The minimum atomic E-state index is -3.74. The number of hydrogen-bond donors (Lipinski definition) is 0. The van der Waals surface area contributed by atoms with Crippen molar-refractivity contribution in [3.8, 4) is 5.69 Å². The Balaban J connectivity index is 1.86. The largest absolute Gasteiger partial charge is 0.295 e. The van der Waals surface area contributed by atoms with E-state index in [1.165, 1.54) is 36.7 Å². The van der Waals surface area contributed by atoms with Gasteiger partial charge in [-0.05, 0) is 43.7 Å². The van der Waals surface area contributed by atoms with E-state index < -0.39 is 10.0 Å². The number of carbonyl (C=O) groups is 1. The van der Waals surface area contributed by atoms with Crippen molar-refractivity contribution in [1.82, 2.24) is 19.1 Å². The Morgan fingerprint density at radius 3 is 2.44 bits per heavy atom. The van der Waals surface area contributed by atoms with Crippen LogP contribution in [-0.2, 0) is 10.0 Å². The minimum absolute atomic E-state index is 0.101. The maximum absolute atomic E-state index is 13.0. The van der Waals surface area contributed by atoms with Gasteiger partial charge in [0, 0.05) is 18.7 Å². The summed E-state index contributed by atoms with van der Waals surface area (Å²) >= 11 is 0. The normalized spacial score (nSPS) is 12.9. The van der Waals surface area contributed by atoms with E-state index in [-0.39, 0.29) is 16.7 Å². The predicted molar refractivity (Wildman–Crippen MR) is 101 cm³/mol. The molecule has 0 aliphatic rings. The van der Waals surface area contributed by atoms with E-state index in [0.717, 1.165) is 11.3 Å². The first kappa shape index (κ1) is 18.9. The van der Waals surface area contributed by atoms with Crippen LogP contribution in [0.1, 0.15) is 35.8 Å². The van der Waals surface area contributed by atoms with Crippen LogP contribution in [-0.4, -0.2) is 40.3 Å². The zero-order valence-corrected chi connectivity index (χ0v) is 16.1. The SMILES string of the molecule is CC(=O)c1cccc(S(=O)(=O)N(C)[C@H](C)c2ccc(-n3cncn3)cc2)c1. The highest BCUT2D eigenvalue weighted by molar-refractivity contribution is 7.89. The van der Waals surface area contributed by atoms with Gasteiger partial charge in [0.2, 0.25) is 10.0 Å². The number of ketones is 1. The minimum Gasteiger partial charge on any atom is -0.295 e. The molecule has 0 fully saturated rings. The number of nitrogens with zero attached hydrogens (tertiary/aromatic N) is 4. The average Bonchev–Trinajstić information content (AvgIpc) is 3.22. The maximum Gasteiger partial charge on any atom is 0.243 e. The molecule has 0 saturated heterocycles. The molecule has 0 radical (unpaired) electrons. The molecule has 2 aromatic carbocycles. The lowest BCUT2D eigenvalue weighted by Gasteiger charge is -2.25. The van der Waals surface area contributed by atoms with E-state index in [1.54, 1.807) is 23.1 Å². The van der Waals surface area contributed by atoms with Gasteiger partial charge in [-0.2, -0.15) is 9.40 Å². The van der Waals surface area contributed by atoms with E-state index in [4.69, 9.17) is 0 Å². The predicted octanol–water partition coefficient (Wildman–Crippen LogP) is 2.85. The van der Waals surface area contributed by atoms with Crippen LogP contribution in [0.4, 0.5) is 0 Å². The average molecular weight is 384 g/mol. The first-order valence-electron chi connectivity index (χ1n) is 8.34. The van der Waals surface area contributed by atoms with Gasteiger partial charge in [-0.1, -0.05) is 24.3 Å². The Hall–Kier alpha value is -2.84. The van der Waals surface area contributed by atoms with Gasteiger partial charge < -0.3 is 0 Å². The molecule has 0 saturated carbocycles. The second kappa shape index (κ2) is 7.42. The lowest BCUT2D eigenvalue weighted by atomic mass is 10.1. The molecule has 0 unspecified atom stereocenters. The number of Topliss-reactive ketones (excluding diaryl/α,β-unsaturated/α-hetero) is 1. The zero-order chi connectivity index (χ0) is 19.6. The molecule has 140 valence electrons. The van der Waals surface area contributed by atoms with Crippen LogP contribution in [0.2, 0.25) is 0 Å². The summed E-state index contributed by atoms with van der Waals surface area (Å²) < 4.78 is 28.9. The van der Waals surface area contributed by atoms with Crippen molar-refractivity contribution in [1.29, 1.82) is 0 Å². The molecule has 0 bridgehead atoms. The fourth-order valence-electron chi connectivity index (χ4n) is 2.71. The second-order valence-electron chi connectivity index (χ2n) is 6.21. The number of hydrogen-bond acceptors (Lipinski definition) is 5. The van der Waals surface area contributed by atoms with E-state index in [1.807, 2.05) is 31.2 Å². The third-order valence-electron chi connectivity index (χ3n) is 4.52. The van der Waals surface area contributed by atoms with Gasteiger partial charge in [0.05, 0.1) is 10.6 Å². The highest BCUT2D eigenvalue weighted by Crippen LogP contribution is 2.26. The Labute approximate surface area is 158 Å². The smallest absolute Gasteiger partial charge is 0.243 e. The quantitative estimate of drug-likeness (QED) is 0.610. The van der Waals surface area contributed by atoms with Crippen molar-refractivity contribution < 1.29 is 13.2 Å². The van der Waals surface area contributed by atoms with E-state index in [9.17, 15) is 13.2 Å². The fraction of sp³-hybridized carbons (Fsp3) is 0.211. The number of aromatic nitrogens is 3. The zero-order valence-electron chi connectivity index (χ0n) is 15.3. The fourth-order valence-corrected chi connectivity index (χ4v) is 4.10. The lowest BCUT2D eigenvalue weighted by molar-refractivity contribution is 0.101. The molecule has 1 heterocycles. The van der Waals surface area contributed by atoms with Gasteiger partial charge in [-0.3, -0.25) is 4.79 Å². The molecular formula is C19H20N4O3S. The summed E-state index contributed by atoms with van der Waals surface area (Å²) in [6, 6.07) is 13.1. The number of benzene rings is 2. The first-order chi connectivity index (χ1) is 12.8. The molecule has 3 rings (SSSR count). The van der Waals surface area contributed by atoms with Crippen LogP contribution in [0.25, 0.3) is 5.69 Å². The van der Waals surface area contributed by atoms with Crippen molar-refractivity contribution in [2.45, 2.75) is 24.8 Å². The summed E-state index contributed by atoms with van der Waals surface area (Å²) in [7, 11) is -2.21. The van der Waals surface area contributed by atoms with E-state index >= 15 is 0 Å². The van der Waals surface area contributed by atoms with Gasteiger partial charge in [0.1, 0.15) is 12.7 Å². The van der Waals surface area contributed by atoms with Crippen LogP contribution in [0.5, 0.6) is 0 Å². The van der Waals surface area contributed by atoms with E-state index in [2.05, 4.69) is 10.1 Å². The first-order valence-corrected chi connectivity index (χ1v) is 9.78. The van der Waals surface area contributed by atoms with Gasteiger partial charge in [0.25, 0.3) is 0 Å². The Morgan fingerprint density at radius 2 is 1.85 bits per heavy atom. The number of sulfonamides is 1. The Morgan fingerprint density at radius 1 is 1.15 bits per heavy atom. The van der Waals surface area contributed by atoms with Crippen LogP contribution in [0.15, 0.2) is 66.1 Å². The van der Waals surface area contributed by atoms with Gasteiger partial charge in [0.15, 0.2) is 5.78 Å². The summed E-state index contributed by atoms with van der Waals surface area (Å²) in [4.78, 5) is 15.6. The van der Waals surface area contributed by atoms with Crippen LogP contribution in [0, 0.1) is 0 Å². The van der Waals surface area contributed by atoms with E-state index in [0.29, 0.717) is 5.56 Å². The van der Waals surface area contributed by atoms with Crippen molar-refractivity contribution >= 4 is 15.8 Å². The van der Waals surface area contributed by atoms with Gasteiger partial charge in [-0.15, -0.1) is 0 Å². The summed E-state index contributed by atoms with van der Waals surface area (Å²) in [5, 5.41) is 4.07. The molecule has 0 aliphatic carbocycles. The Kier molecular flexibility index (Phi) is 5.20. The number of carbonyl (C=O) groups excluding carboxylic acids is 1. The Bertz CT molecular complexity index is 1040.